The van der Waals surface area contributed by atoms with Crippen LogP contribution in [0.3, 0.4) is 0 Å². The molecule has 2 aromatic rings. The molecule has 6 heteroatoms. The van der Waals surface area contributed by atoms with Crippen molar-refractivity contribution in [1.82, 2.24) is 10.1 Å². The molecule has 1 aliphatic carbocycles. The number of nitrogens with zero attached hydrogens (tertiary/aromatic N) is 2. The smallest absolute Gasteiger partial charge is 0.276 e. The molecule has 1 aliphatic heterocycles. The monoisotopic (exact) mass is 384 g/mol. The predicted octanol–water partition coefficient (Wildman–Crippen LogP) is 3.72. The number of aryl methyl sites for hydroxylation is 1. The first kappa shape index (κ1) is 19.0. The highest BCUT2D eigenvalue weighted by atomic mass is 16.5. The average molecular weight is 384 g/mol. The molecular formula is C22H28N2O4. The number of carbonyl (C=O) groups is 1. The number of hydrogen-bond acceptors (Lipinski definition) is 5. The SMILES string of the molecule is Cc1onc(C(=O)N2CC3(CCCCC3)CC2CO)c1COc1ccccc1. The van der Waals surface area contributed by atoms with Gasteiger partial charge in [-0.1, -0.05) is 42.6 Å². The van der Waals surface area contributed by atoms with Crippen LogP contribution in [0.15, 0.2) is 34.9 Å². The standard InChI is InChI=1S/C22H28N2O4/c1-16-19(14-27-18-8-4-2-5-9-18)20(23-28-16)21(26)24-15-22(12-17(24)13-25)10-6-3-7-11-22/h2,4-5,8-9,17,25H,3,6-7,10-15H2,1H3. The first-order valence-electron chi connectivity index (χ1n) is 10.2. The number of ether oxygens (including phenoxy) is 1. The van der Waals surface area contributed by atoms with E-state index in [9.17, 15) is 9.90 Å². The summed E-state index contributed by atoms with van der Waals surface area (Å²) in [6.07, 6.45) is 6.83. The molecule has 1 N–H and O–H groups in total. The minimum atomic E-state index is -0.162. The second kappa shape index (κ2) is 7.95. The third kappa shape index (κ3) is 3.65. The molecule has 0 bridgehead atoms. The van der Waals surface area contributed by atoms with E-state index in [1.165, 1.54) is 19.3 Å². The van der Waals surface area contributed by atoms with Gasteiger partial charge >= 0.3 is 0 Å². The molecule has 2 heterocycles. The number of aliphatic hydroxyl groups excluding tert-OH is 1. The van der Waals surface area contributed by atoms with Crippen molar-refractivity contribution in [3.8, 4) is 5.75 Å². The van der Waals surface area contributed by atoms with E-state index in [4.69, 9.17) is 9.26 Å². The van der Waals surface area contributed by atoms with E-state index in [1.807, 2.05) is 35.2 Å². The maximum Gasteiger partial charge on any atom is 0.276 e. The molecule has 28 heavy (non-hydrogen) atoms. The van der Waals surface area contributed by atoms with Gasteiger partial charge in [0.15, 0.2) is 5.69 Å². The van der Waals surface area contributed by atoms with Crippen LogP contribution in [0.25, 0.3) is 0 Å². The molecule has 1 saturated carbocycles. The van der Waals surface area contributed by atoms with E-state index in [0.717, 1.165) is 25.0 Å². The summed E-state index contributed by atoms with van der Waals surface area (Å²) in [4.78, 5) is 15.1. The summed E-state index contributed by atoms with van der Waals surface area (Å²) in [6, 6.07) is 9.34. The van der Waals surface area contributed by atoms with Gasteiger partial charge in [-0.05, 0) is 43.7 Å². The van der Waals surface area contributed by atoms with Gasteiger partial charge in [0.05, 0.1) is 18.2 Å². The Hall–Kier alpha value is -2.34. The van der Waals surface area contributed by atoms with Crippen molar-refractivity contribution in [2.24, 2.45) is 5.41 Å². The first-order valence-corrected chi connectivity index (χ1v) is 10.2. The summed E-state index contributed by atoms with van der Waals surface area (Å²) in [6.45, 7) is 2.70. The van der Waals surface area contributed by atoms with Crippen LogP contribution >= 0.6 is 0 Å². The molecule has 6 nitrogen and oxygen atoms in total. The summed E-state index contributed by atoms with van der Waals surface area (Å²) >= 11 is 0. The zero-order chi connectivity index (χ0) is 19.6. The lowest BCUT2D eigenvalue weighted by Gasteiger charge is -2.33. The van der Waals surface area contributed by atoms with E-state index in [2.05, 4.69) is 5.16 Å². The number of aromatic nitrogens is 1. The summed E-state index contributed by atoms with van der Waals surface area (Å²) in [5.74, 6) is 1.16. The van der Waals surface area contributed by atoms with Gasteiger partial charge in [-0.2, -0.15) is 0 Å². The van der Waals surface area contributed by atoms with E-state index in [1.54, 1.807) is 6.92 Å². The number of rotatable bonds is 5. The Balaban J connectivity index is 1.53. The number of hydrogen-bond donors (Lipinski definition) is 1. The van der Waals surface area contributed by atoms with Gasteiger partial charge in [0.25, 0.3) is 5.91 Å². The molecule has 2 aliphatic rings. The number of benzene rings is 1. The lowest BCUT2D eigenvalue weighted by molar-refractivity contribution is 0.0649. The van der Waals surface area contributed by atoms with Gasteiger partial charge in [-0.3, -0.25) is 4.79 Å². The van der Waals surface area contributed by atoms with Crippen LogP contribution < -0.4 is 4.74 Å². The Morgan fingerprint density at radius 1 is 1.29 bits per heavy atom. The summed E-state index contributed by atoms with van der Waals surface area (Å²) in [5.41, 5.74) is 1.13. The molecule has 0 radical (unpaired) electrons. The van der Waals surface area contributed by atoms with Crippen LogP contribution in [0.1, 0.15) is 60.3 Å². The Labute approximate surface area is 165 Å². The average Bonchev–Trinajstić information content (AvgIpc) is 3.27. The highest BCUT2D eigenvalue weighted by molar-refractivity contribution is 5.94. The molecule has 1 saturated heterocycles. The van der Waals surface area contributed by atoms with Crippen molar-refractivity contribution in [3.63, 3.8) is 0 Å². The fourth-order valence-electron chi connectivity index (χ4n) is 4.77. The van der Waals surface area contributed by atoms with Crippen molar-refractivity contribution >= 4 is 5.91 Å². The molecule has 1 spiro atoms. The largest absolute Gasteiger partial charge is 0.489 e. The molecule has 150 valence electrons. The highest BCUT2D eigenvalue weighted by Gasteiger charge is 2.46. The molecule has 1 unspecified atom stereocenters. The van der Waals surface area contributed by atoms with Crippen LogP contribution in [-0.2, 0) is 6.61 Å². The highest BCUT2D eigenvalue weighted by Crippen LogP contribution is 2.46. The van der Waals surface area contributed by atoms with Crippen LogP contribution in [0, 0.1) is 12.3 Å². The second-order valence-corrected chi connectivity index (χ2v) is 8.20. The third-order valence-electron chi connectivity index (χ3n) is 6.31. The number of aliphatic hydroxyl groups is 1. The van der Waals surface area contributed by atoms with Crippen molar-refractivity contribution in [1.29, 1.82) is 0 Å². The topological polar surface area (TPSA) is 75.8 Å². The van der Waals surface area contributed by atoms with E-state index >= 15 is 0 Å². The maximum atomic E-state index is 13.3. The van der Waals surface area contributed by atoms with Gasteiger partial charge < -0.3 is 19.3 Å². The number of para-hydroxylation sites is 1. The molecular weight excluding hydrogens is 356 g/mol. The van der Waals surface area contributed by atoms with Gasteiger partial charge in [0.2, 0.25) is 0 Å². The minimum Gasteiger partial charge on any atom is -0.489 e. The summed E-state index contributed by atoms with van der Waals surface area (Å²) in [7, 11) is 0. The number of amides is 1. The normalized spacial score (nSPS) is 21.2. The molecule has 2 fully saturated rings. The van der Waals surface area contributed by atoms with Crippen LogP contribution in [0.2, 0.25) is 0 Å². The minimum absolute atomic E-state index is 0.0137. The Bertz CT molecular complexity index is 811. The quantitative estimate of drug-likeness (QED) is 0.850. The fraction of sp³-hybridized carbons (Fsp3) is 0.545. The van der Waals surface area contributed by atoms with E-state index < -0.39 is 0 Å². The Kier molecular flexibility index (Phi) is 5.40. The Morgan fingerprint density at radius 3 is 2.75 bits per heavy atom. The molecule has 4 rings (SSSR count). The summed E-state index contributed by atoms with van der Waals surface area (Å²) < 4.78 is 11.2. The van der Waals surface area contributed by atoms with Crippen LogP contribution in [0.4, 0.5) is 0 Å². The summed E-state index contributed by atoms with van der Waals surface area (Å²) in [5, 5.41) is 14.0. The molecule has 1 amide bonds. The van der Waals surface area contributed by atoms with Crippen LogP contribution in [-0.4, -0.2) is 40.3 Å². The van der Waals surface area contributed by atoms with Crippen molar-refractivity contribution in [2.75, 3.05) is 13.2 Å². The third-order valence-corrected chi connectivity index (χ3v) is 6.31. The zero-order valence-electron chi connectivity index (χ0n) is 16.4. The Morgan fingerprint density at radius 2 is 2.04 bits per heavy atom. The van der Waals surface area contributed by atoms with Crippen LogP contribution in [0.5, 0.6) is 5.75 Å². The first-order chi connectivity index (χ1) is 13.6. The van der Waals surface area contributed by atoms with Crippen molar-refractivity contribution < 1.29 is 19.2 Å². The zero-order valence-corrected chi connectivity index (χ0v) is 16.4. The second-order valence-electron chi connectivity index (χ2n) is 8.20. The number of carbonyl (C=O) groups excluding carboxylic acids is 1. The van der Waals surface area contributed by atoms with Crippen molar-refractivity contribution in [2.45, 2.75) is 58.1 Å². The molecule has 1 aromatic carbocycles. The number of likely N-dealkylation sites (tertiary alicyclic amines) is 1. The lowest BCUT2D eigenvalue weighted by Crippen LogP contribution is -2.39. The van der Waals surface area contributed by atoms with Gasteiger partial charge in [-0.15, -0.1) is 0 Å². The van der Waals surface area contributed by atoms with Crippen molar-refractivity contribution in [3.05, 3.63) is 47.3 Å². The van der Waals surface area contributed by atoms with E-state index in [0.29, 0.717) is 23.6 Å². The molecule has 1 atom stereocenters. The maximum absolute atomic E-state index is 13.3. The van der Waals surface area contributed by atoms with E-state index in [-0.39, 0.29) is 30.6 Å². The lowest BCUT2D eigenvalue weighted by atomic mass is 9.73. The fourth-order valence-corrected chi connectivity index (χ4v) is 4.77. The predicted molar refractivity (Wildman–Crippen MR) is 104 cm³/mol. The van der Waals surface area contributed by atoms with Gasteiger partial charge in [0, 0.05) is 6.54 Å². The van der Waals surface area contributed by atoms with Gasteiger partial charge in [-0.25, -0.2) is 0 Å². The van der Waals surface area contributed by atoms with Gasteiger partial charge in [0.1, 0.15) is 18.1 Å². The molecule has 1 aromatic heterocycles.